The largest absolute Gasteiger partial charge is 0.310 e. The Balaban J connectivity index is 2.87. The van der Waals surface area contributed by atoms with E-state index in [1.54, 1.807) is 6.92 Å². The molecule has 0 spiro atoms. The van der Waals surface area contributed by atoms with Crippen molar-refractivity contribution in [1.82, 2.24) is 5.32 Å². The molecule has 0 aliphatic carbocycles. The number of unbranched alkanes of at least 4 members (excludes halogenated alkanes) is 2. The van der Waals surface area contributed by atoms with Gasteiger partial charge < -0.3 is 5.32 Å². The van der Waals surface area contributed by atoms with Crippen LogP contribution in [0.25, 0.3) is 0 Å². The van der Waals surface area contributed by atoms with Crippen molar-refractivity contribution in [2.45, 2.75) is 52.5 Å². The molecule has 0 aliphatic rings. The topological polar surface area (TPSA) is 12.0 Å². The minimum atomic E-state index is -0.329. The second kappa shape index (κ2) is 7.47. The third kappa shape index (κ3) is 4.05. The summed E-state index contributed by atoms with van der Waals surface area (Å²) in [5, 5.41) is 3.24. The van der Waals surface area contributed by atoms with Gasteiger partial charge >= 0.3 is 0 Å². The average Bonchev–Trinajstić information content (AvgIpc) is 2.33. The predicted molar refractivity (Wildman–Crippen MR) is 71.7 cm³/mol. The number of halogens is 2. The summed E-state index contributed by atoms with van der Waals surface area (Å²) < 4.78 is 27.5. The molecule has 0 fully saturated rings. The van der Waals surface area contributed by atoms with E-state index < -0.39 is 0 Å². The van der Waals surface area contributed by atoms with Gasteiger partial charge in [-0.05, 0) is 37.6 Å². The molecule has 1 unspecified atom stereocenters. The Bertz CT molecular complexity index is 377. The zero-order valence-corrected chi connectivity index (χ0v) is 11.5. The van der Waals surface area contributed by atoms with Crippen LogP contribution in [-0.2, 0) is 0 Å². The van der Waals surface area contributed by atoms with Crippen LogP contribution in [0.4, 0.5) is 8.78 Å². The monoisotopic (exact) mass is 255 g/mol. The molecule has 1 nitrogen and oxygen atoms in total. The first-order valence-corrected chi connectivity index (χ1v) is 6.79. The lowest BCUT2D eigenvalue weighted by Crippen LogP contribution is -2.22. The molecule has 102 valence electrons. The van der Waals surface area contributed by atoms with Crippen molar-refractivity contribution in [2.75, 3.05) is 6.54 Å². The summed E-state index contributed by atoms with van der Waals surface area (Å²) in [5.74, 6) is -0.638. The van der Waals surface area contributed by atoms with Gasteiger partial charge in [0.25, 0.3) is 0 Å². The summed E-state index contributed by atoms with van der Waals surface area (Å²) in [5.41, 5.74) is 0.816. The summed E-state index contributed by atoms with van der Waals surface area (Å²) in [4.78, 5) is 0. The molecular weight excluding hydrogens is 232 g/mol. The maximum absolute atomic E-state index is 13.9. The van der Waals surface area contributed by atoms with Crippen LogP contribution in [-0.4, -0.2) is 6.54 Å². The Kier molecular flexibility index (Phi) is 6.27. The van der Waals surface area contributed by atoms with E-state index in [1.807, 2.05) is 6.92 Å². The number of benzene rings is 1. The van der Waals surface area contributed by atoms with Crippen molar-refractivity contribution in [2.24, 2.45) is 0 Å². The lowest BCUT2D eigenvalue weighted by atomic mass is 9.98. The van der Waals surface area contributed by atoms with E-state index >= 15 is 0 Å². The van der Waals surface area contributed by atoms with Crippen LogP contribution in [0.2, 0.25) is 0 Å². The van der Waals surface area contributed by atoms with Gasteiger partial charge in [-0.3, -0.25) is 0 Å². The van der Waals surface area contributed by atoms with E-state index in [-0.39, 0.29) is 17.7 Å². The van der Waals surface area contributed by atoms with Gasteiger partial charge in [0.05, 0.1) is 0 Å². The number of rotatable bonds is 7. The fourth-order valence-corrected chi connectivity index (χ4v) is 2.14. The van der Waals surface area contributed by atoms with Crippen molar-refractivity contribution in [3.63, 3.8) is 0 Å². The summed E-state index contributed by atoms with van der Waals surface area (Å²) in [7, 11) is 0. The first kappa shape index (κ1) is 15.1. The maximum Gasteiger partial charge on any atom is 0.128 e. The molecule has 1 rings (SSSR count). The minimum absolute atomic E-state index is 0.0864. The van der Waals surface area contributed by atoms with E-state index in [1.165, 1.54) is 12.1 Å². The predicted octanol–water partition coefficient (Wildman–Crippen LogP) is 4.50. The van der Waals surface area contributed by atoms with Crippen molar-refractivity contribution in [3.05, 3.63) is 34.9 Å². The van der Waals surface area contributed by atoms with Gasteiger partial charge in [-0.1, -0.05) is 33.1 Å². The van der Waals surface area contributed by atoms with Gasteiger partial charge in [0.15, 0.2) is 0 Å². The van der Waals surface area contributed by atoms with E-state index in [0.29, 0.717) is 11.1 Å². The molecule has 1 atom stereocenters. The SMILES string of the molecule is CCCCCC(NCC)c1cc(F)c(C)cc1F. The van der Waals surface area contributed by atoms with E-state index in [2.05, 4.69) is 12.2 Å². The molecule has 0 bridgehead atoms. The van der Waals surface area contributed by atoms with E-state index in [9.17, 15) is 8.78 Å². The van der Waals surface area contributed by atoms with Crippen molar-refractivity contribution < 1.29 is 8.78 Å². The van der Waals surface area contributed by atoms with Crippen LogP contribution in [0.5, 0.6) is 0 Å². The van der Waals surface area contributed by atoms with Gasteiger partial charge in [0, 0.05) is 11.6 Å². The lowest BCUT2D eigenvalue weighted by Gasteiger charge is -2.19. The Morgan fingerprint density at radius 3 is 2.44 bits per heavy atom. The fourth-order valence-electron chi connectivity index (χ4n) is 2.14. The summed E-state index contributed by atoms with van der Waals surface area (Å²) in [6.07, 6.45) is 4.13. The second-order valence-corrected chi connectivity index (χ2v) is 4.73. The van der Waals surface area contributed by atoms with E-state index in [0.717, 1.165) is 32.2 Å². The maximum atomic E-state index is 13.9. The Labute approximate surface area is 109 Å². The molecule has 0 aromatic heterocycles. The summed E-state index contributed by atoms with van der Waals surface area (Å²) >= 11 is 0. The zero-order chi connectivity index (χ0) is 13.5. The smallest absolute Gasteiger partial charge is 0.128 e. The van der Waals surface area contributed by atoms with Crippen molar-refractivity contribution >= 4 is 0 Å². The number of hydrogen-bond donors (Lipinski definition) is 1. The standard InChI is InChI=1S/C15H23F2N/c1-4-6-7-8-15(18-5-2)12-10-13(16)11(3)9-14(12)17/h9-10,15,18H,4-8H2,1-3H3. The number of hydrogen-bond acceptors (Lipinski definition) is 1. The number of aryl methyl sites for hydroxylation is 1. The highest BCUT2D eigenvalue weighted by atomic mass is 19.1. The Morgan fingerprint density at radius 1 is 1.11 bits per heavy atom. The number of nitrogens with one attached hydrogen (secondary N) is 1. The molecule has 0 amide bonds. The highest BCUT2D eigenvalue weighted by Crippen LogP contribution is 2.25. The van der Waals surface area contributed by atoms with Gasteiger partial charge in [-0.15, -0.1) is 0 Å². The first-order valence-electron chi connectivity index (χ1n) is 6.79. The molecule has 3 heteroatoms. The second-order valence-electron chi connectivity index (χ2n) is 4.73. The van der Waals surface area contributed by atoms with Crippen LogP contribution >= 0.6 is 0 Å². The van der Waals surface area contributed by atoms with Gasteiger partial charge in [0.1, 0.15) is 11.6 Å². The average molecular weight is 255 g/mol. The lowest BCUT2D eigenvalue weighted by molar-refractivity contribution is 0.459. The quantitative estimate of drug-likeness (QED) is 0.707. The summed E-state index contributed by atoms with van der Waals surface area (Å²) in [6, 6.07) is 2.54. The molecule has 18 heavy (non-hydrogen) atoms. The molecule has 0 aliphatic heterocycles. The molecule has 1 aromatic carbocycles. The molecule has 0 heterocycles. The Morgan fingerprint density at radius 2 is 1.83 bits per heavy atom. The molecule has 0 radical (unpaired) electrons. The highest BCUT2D eigenvalue weighted by Gasteiger charge is 2.16. The van der Waals surface area contributed by atoms with Crippen LogP contribution in [0.1, 0.15) is 56.7 Å². The molecule has 0 saturated heterocycles. The molecular formula is C15H23F2N. The third-order valence-electron chi connectivity index (χ3n) is 3.20. The first-order chi connectivity index (χ1) is 8.60. The zero-order valence-electron chi connectivity index (χ0n) is 11.5. The van der Waals surface area contributed by atoms with Crippen LogP contribution < -0.4 is 5.32 Å². The Hall–Kier alpha value is -0.960. The fraction of sp³-hybridized carbons (Fsp3) is 0.600. The van der Waals surface area contributed by atoms with Crippen molar-refractivity contribution in [3.8, 4) is 0 Å². The van der Waals surface area contributed by atoms with Gasteiger partial charge in [-0.25, -0.2) is 8.78 Å². The summed E-state index contributed by atoms with van der Waals surface area (Å²) in [6.45, 7) is 6.46. The van der Waals surface area contributed by atoms with Crippen LogP contribution in [0.15, 0.2) is 12.1 Å². The molecule has 1 N–H and O–H groups in total. The third-order valence-corrected chi connectivity index (χ3v) is 3.20. The van der Waals surface area contributed by atoms with Crippen LogP contribution in [0, 0.1) is 18.6 Å². The van der Waals surface area contributed by atoms with Gasteiger partial charge in [-0.2, -0.15) is 0 Å². The molecule has 1 aromatic rings. The minimum Gasteiger partial charge on any atom is -0.310 e. The highest BCUT2D eigenvalue weighted by molar-refractivity contribution is 5.27. The molecule has 0 saturated carbocycles. The normalized spacial score (nSPS) is 12.7. The van der Waals surface area contributed by atoms with Crippen molar-refractivity contribution in [1.29, 1.82) is 0 Å². The van der Waals surface area contributed by atoms with E-state index in [4.69, 9.17) is 0 Å². The van der Waals surface area contributed by atoms with Gasteiger partial charge in [0.2, 0.25) is 0 Å². The van der Waals surface area contributed by atoms with Crippen LogP contribution in [0.3, 0.4) is 0 Å².